The Labute approximate surface area is 131 Å². The monoisotopic (exact) mass is 322 g/mol. The first-order valence-corrected chi connectivity index (χ1v) is 7.28. The quantitative estimate of drug-likeness (QED) is 0.933. The Morgan fingerprint density at radius 3 is 2.78 bits per heavy atom. The molecule has 0 bridgehead atoms. The number of anilines is 1. The average molecular weight is 322 g/mol. The van der Waals surface area contributed by atoms with Gasteiger partial charge in [-0.15, -0.1) is 0 Å². The standard InChI is InChI=1S/C15H16F2N4O2/c1-9-18-15(23-20-9)10-2-3-21(7-10)8-14(22)19-13-5-11(16)4-12(17)6-13/h4-6,10H,2-3,7-8H2,1H3,(H,19,22). The Morgan fingerprint density at radius 1 is 1.39 bits per heavy atom. The SMILES string of the molecule is Cc1noc(C2CCN(CC(=O)Nc3cc(F)cc(F)c3)C2)n1. The van der Waals surface area contributed by atoms with Crippen LogP contribution in [0.2, 0.25) is 0 Å². The van der Waals surface area contributed by atoms with Crippen LogP contribution in [0.25, 0.3) is 0 Å². The second-order valence-corrected chi connectivity index (χ2v) is 5.61. The van der Waals surface area contributed by atoms with E-state index in [0.717, 1.165) is 31.2 Å². The Morgan fingerprint density at radius 2 is 2.13 bits per heavy atom. The largest absolute Gasteiger partial charge is 0.339 e. The van der Waals surface area contributed by atoms with E-state index in [2.05, 4.69) is 15.5 Å². The van der Waals surface area contributed by atoms with Crippen molar-refractivity contribution >= 4 is 11.6 Å². The highest BCUT2D eigenvalue weighted by molar-refractivity contribution is 5.92. The first-order chi connectivity index (χ1) is 11.0. The molecule has 1 aliphatic heterocycles. The number of aromatic nitrogens is 2. The summed E-state index contributed by atoms with van der Waals surface area (Å²) in [6.07, 6.45) is 0.823. The van der Waals surface area contributed by atoms with Crippen molar-refractivity contribution < 1.29 is 18.1 Å². The lowest BCUT2D eigenvalue weighted by atomic mass is 10.1. The third-order valence-electron chi connectivity index (χ3n) is 3.68. The van der Waals surface area contributed by atoms with Crippen LogP contribution in [0.3, 0.4) is 0 Å². The minimum Gasteiger partial charge on any atom is -0.339 e. The molecule has 122 valence electrons. The molecule has 1 N–H and O–H groups in total. The molecule has 2 aromatic rings. The minimum atomic E-state index is -0.728. The number of rotatable bonds is 4. The number of aryl methyl sites for hydroxylation is 1. The molecule has 1 aromatic carbocycles. The fourth-order valence-electron chi connectivity index (χ4n) is 2.69. The molecule has 0 aliphatic carbocycles. The first-order valence-electron chi connectivity index (χ1n) is 7.28. The third kappa shape index (κ3) is 3.89. The van der Waals surface area contributed by atoms with Gasteiger partial charge in [0.2, 0.25) is 11.8 Å². The van der Waals surface area contributed by atoms with Gasteiger partial charge in [-0.3, -0.25) is 9.69 Å². The Balaban J connectivity index is 1.54. The predicted octanol–water partition coefficient (Wildman–Crippen LogP) is 2.08. The average Bonchev–Trinajstić information content (AvgIpc) is 3.06. The van der Waals surface area contributed by atoms with Gasteiger partial charge >= 0.3 is 0 Å². The lowest BCUT2D eigenvalue weighted by Gasteiger charge is -2.14. The molecule has 1 atom stereocenters. The van der Waals surface area contributed by atoms with E-state index in [1.54, 1.807) is 6.92 Å². The zero-order chi connectivity index (χ0) is 16.4. The number of amides is 1. The summed E-state index contributed by atoms with van der Waals surface area (Å²) < 4.78 is 31.4. The van der Waals surface area contributed by atoms with Gasteiger partial charge in [-0.05, 0) is 32.0 Å². The minimum absolute atomic E-state index is 0.107. The van der Waals surface area contributed by atoms with E-state index in [1.807, 2.05) is 4.90 Å². The molecule has 3 rings (SSSR count). The summed E-state index contributed by atoms with van der Waals surface area (Å²) in [5.41, 5.74) is 0.107. The molecule has 1 aliphatic rings. The second-order valence-electron chi connectivity index (χ2n) is 5.61. The lowest BCUT2D eigenvalue weighted by Crippen LogP contribution is -2.31. The maximum absolute atomic E-state index is 13.1. The zero-order valence-electron chi connectivity index (χ0n) is 12.6. The van der Waals surface area contributed by atoms with Crippen molar-refractivity contribution in [3.63, 3.8) is 0 Å². The zero-order valence-corrected chi connectivity index (χ0v) is 12.6. The molecule has 6 nitrogen and oxygen atoms in total. The lowest BCUT2D eigenvalue weighted by molar-refractivity contribution is -0.117. The van der Waals surface area contributed by atoms with Crippen molar-refractivity contribution in [2.24, 2.45) is 0 Å². The summed E-state index contributed by atoms with van der Waals surface area (Å²) in [4.78, 5) is 18.1. The number of nitrogens with zero attached hydrogens (tertiary/aromatic N) is 3. The van der Waals surface area contributed by atoms with Gasteiger partial charge in [-0.1, -0.05) is 5.16 Å². The van der Waals surface area contributed by atoms with Crippen LogP contribution in [0.5, 0.6) is 0 Å². The molecule has 1 fully saturated rings. The van der Waals surface area contributed by atoms with Crippen LogP contribution in [-0.4, -0.2) is 40.6 Å². The van der Waals surface area contributed by atoms with E-state index in [-0.39, 0.29) is 24.1 Å². The Kier molecular flexibility index (Phi) is 4.33. The van der Waals surface area contributed by atoms with Crippen molar-refractivity contribution in [1.29, 1.82) is 0 Å². The van der Waals surface area contributed by atoms with Crippen LogP contribution < -0.4 is 5.32 Å². The summed E-state index contributed by atoms with van der Waals surface area (Å²) >= 11 is 0. The highest BCUT2D eigenvalue weighted by Crippen LogP contribution is 2.25. The topological polar surface area (TPSA) is 71.3 Å². The molecule has 1 aromatic heterocycles. The van der Waals surface area contributed by atoms with Gasteiger partial charge in [0.05, 0.1) is 12.5 Å². The smallest absolute Gasteiger partial charge is 0.238 e. The van der Waals surface area contributed by atoms with Crippen LogP contribution in [0, 0.1) is 18.6 Å². The van der Waals surface area contributed by atoms with Gasteiger partial charge in [0.15, 0.2) is 5.82 Å². The summed E-state index contributed by atoms with van der Waals surface area (Å²) in [6, 6.07) is 2.91. The summed E-state index contributed by atoms with van der Waals surface area (Å²) in [5.74, 6) is -0.503. The maximum Gasteiger partial charge on any atom is 0.238 e. The fourth-order valence-corrected chi connectivity index (χ4v) is 2.69. The predicted molar refractivity (Wildman–Crippen MR) is 77.8 cm³/mol. The number of carbonyl (C=O) groups excluding carboxylic acids is 1. The molecule has 1 amide bonds. The number of hydrogen-bond donors (Lipinski definition) is 1. The van der Waals surface area contributed by atoms with Gasteiger partial charge in [0, 0.05) is 18.3 Å². The molecule has 8 heteroatoms. The molecule has 0 spiro atoms. The van der Waals surface area contributed by atoms with Crippen LogP contribution >= 0.6 is 0 Å². The molecule has 2 heterocycles. The van der Waals surface area contributed by atoms with Crippen LogP contribution in [0.1, 0.15) is 24.1 Å². The van der Waals surface area contributed by atoms with Gasteiger partial charge in [-0.25, -0.2) is 8.78 Å². The van der Waals surface area contributed by atoms with Gasteiger partial charge < -0.3 is 9.84 Å². The van der Waals surface area contributed by atoms with Crippen molar-refractivity contribution in [1.82, 2.24) is 15.0 Å². The highest BCUT2D eigenvalue weighted by atomic mass is 19.1. The number of likely N-dealkylation sites (tertiary alicyclic amines) is 1. The molecule has 0 radical (unpaired) electrons. The van der Waals surface area contributed by atoms with E-state index in [0.29, 0.717) is 18.3 Å². The first kappa shape index (κ1) is 15.5. The normalized spacial score (nSPS) is 18.3. The number of hydrogen-bond acceptors (Lipinski definition) is 5. The molecule has 1 unspecified atom stereocenters. The van der Waals surface area contributed by atoms with E-state index in [4.69, 9.17) is 4.52 Å². The maximum atomic E-state index is 13.1. The highest BCUT2D eigenvalue weighted by Gasteiger charge is 2.29. The number of halogens is 2. The summed E-state index contributed by atoms with van der Waals surface area (Å²) in [7, 11) is 0. The van der Waals surface area contributed by atoms with Crippen LogP contribution in [-0.2, 0) is 4.79 Å². The van der Waals surface area contributed by atoms with E-state index < -0.39 is 11.6 Å². The summed E-state index contributed by atoms with van der Waals surface area (Å²) in [6.45, 7) is 3.25. The van der Waals surface area contributed by atoms with Gasteiger partial charge in [-0.2, -0.15) is 4.98 Å². The second kappa shape index (κ2) is 6.41. The number of nitrogens with one attached hydrogen (secondary N) is 1. The van der Waals surface area contributed by atoms with Crippen molar-refractivity contribution in [3.05, 3.63) is 41.5 Å². The number of benzene rings is 1. The van der Waals surface area contributed by atoms with Gasteiger partial charge in [0.25, 0.3) is 0 Å². The summed E-state index contributed by atoms with van der Waals surface area (Å²) in [5, 5.41) is 6.26. The van der Waals surface area contributed by atoms with Crippen molar-refractivity contribution in [3.8, 4) is 0 Å². The van der Waals surface area contributed by atoms with Crippen molar-refractivity contribution in [2.45, 2.75) is 19.3 Å². The Bertz CT molecular complexity index is 699. The Hall–Kier alpha value is -2.35. The molecule has 1 saturated heterocycles. The van der Waals surface area contributed by atoms with Crippen LogP contribution in [0.4, 0.5) is 14.5 Å². The van der Waals surface area contributed by atoms with Crippen LogP contribution in [0.15, 0.2) is 22.7 Å². The fraction of sp³-hybridized carbons (Fsp3) is 0.400. The molecular formula is C15H16F2N4O2. The van der Waals surface area contributed by atoms with E-state index >= 15 is 0 Å². The van der Waals surface area contributed by atoms with Crippen molar-refractivity contribution in [2.75, 3.05) is 25.0 Å². The third-order valence-corrected chi connectivity index (χ3v) is 3.68. The molecular weight excluding hydrogens is 306 g/mol. The molecule has 23 heavy (non-hydrogen) atoms. The molecule has 0 saturated carbocycles. The van der Waals surface area contributed by atoms with E-state index in [9.17, 15) is 13.6 Å². The number of carbonyl (C=O) groups is 1. The van der Waals surface area contributed by atoms with Gasteiger partial charge in [0.1, 0.15) is 11.6 Å². The van der Waals surface area contributed by atoms with E-state index in [1.165, 1.54) is 0 Å².